The lowest BCUT2D eigenvalue weighted by molar-refractivity contribution is -0.139. The average Bonchev–Trinajstić information content (AvgIpc) is 2.85. The van der Waals surface area contributed by atoms with Crippen LogP contribution in [0.25, 0.3) is 0 Å². The van der Waals surface area contributed by atoms with E-state index in [0.717, 1.165) is 22.5 Å². The van der Waals surface area contributed by atoms with Gasteiger partial charge in [0.1, 0.15) is 24.1 Å². The molecule has 2 rings (SSSR count). The highest BCUT2D eigenvalue weighted by Crippen LogP contribution is 2.34. The lowest BCUT2D eigenvalue weighted by Gasteiger charge is -2.32. The quantitative estimate of drug-likeness (QED) is 0.443. The fraction of sp³-hybridized carbons (Fsp3) is 0.440. The maximum Gasteiger partial charge on any atom is 0.244 e. The van der Waals surface area contributed by atoms with Gasteiger partial charge in [-0.15, -0.1) is 0 Å². The molecule has 2 atom stereocenters. The molecule has 0 aliphatic rings. The number of carbonyl (C=O) groups is 2. The largest absolute Gasteiger partial charge is 0.497 e. The van der Waals surface area contributed by atoms with E-state index in [4.69, 9.17) is 21.1 Å². The van der Waals surface area contributed by atoms with Crippen molar-refractivity contribution in [3.63, 3.8) is 0 Å². The number of hydrogen-bond acceptors (Lipinski definition) is 6. The van der Waals surface area contributed by atoms with Crippen LogP contribution in [0.3, 0.4) is 0 Å². The Kier molecular flexibility index (Phi) is 10.4. The third kappa shape index (κ3) is 7.76. The van der Waals surface area contributed by atoms with Crippen LogP contribution >= 0.6 is 11.6 Å². The van der Waals surface area contributed by atoms with Gasteiger partial charge in [0, 0.05) is 23.7 Å². The maximum atomic E-state index is 13.6. The summed E-state index contributed by atoms with van der Waals surface area (Å²) >= 11 is 6.00. The second-order valence-electron chi connectivity index (χ2n) is 8.45. The predicted molar refractivity (Wildman–Crippen MR) is 141 cm³/mol. The van der Waals surface area contributed by atoms with Gasteiger partial charge in [-0.05, 0) is 50.1 Å². The number of ether oxygens (including phenoxy) is 2. The van der Waals surface area contributed by atoms with Crippen molar-refractivity contribution in [2.45, 2.75) is 45.8 Å². The Labute approximate surface area is 218 Å². The van der Waals surface area contributed by atoms with Crippen molar-refractivity contribution in [2.75, 3.05) is 31.3 Å². The van der Waals surface area contributed by atoms with Crippen molar-refractivity contribution in [1.82, 2.24) is 10.2 Å². The van der Waals surface area contributed by atoms with Gasteiger partial charge >= 0.3 is 0 Å². The SMILES string of the molecule is CC[C@H](C)NC(=O)[C@H](C)N(Cc1ccc(Cl)cc1)C(=O)CN(c1cc(OC)ccc1OC)S(C)(=O)=O. The van der Waals surface area contributed by atoms with E-state index < -0.39 is 28.5 Å². The molecule has 0 unspecified atom stereocenters. The third-order valence-corrected chi connectivity index (χ3v) is 7.15. The zero-order chi connectivity index (χ0) is 27.0. The molecule has 2 amide bonds. The molecule has 0 fully saturated rings. The fourth-order valence-corrected chi connectivity index (χ4v) is 4.39. The summed E-state index contributed by atoms with van der Waals surface area (Å²) in [6.07, 6.45) is 1.73. The minimum absolute atomic E-state index is 0.0813. The van der Waals surface area contributed by atoms with E-state index in [1.165, 1.54) is 25.2 Å². The number of carbonyl (C=O) groups excluding carboxylic acids is 2. The van der Waals surface area contributed by atoms with Gasteiger partial charge in [0.2, 0.25) is 21.8 Å². The summed E-state index contributed by atoms with van der Waals surface area (Å²) in [5.41, 5.74) is 0.886. The van der Waals surface area contributed by atoms with E-state index in [0.29, 0.717) is 10.8 Å². The Bertz CT molecular complexity index is 1160. The van der Waals surface area contributed by atoms with Crippen LogP contribution in [-0.2, 0) is 26.2 Å². The Morgan fingerprint density at radius 1 is 1.06 bits per heavy atom. The molecular weight excluding hydrogens is 506 g/mol. The van der Waals surface area contributed by atoms with Gasteiger partial charge in [-0.25, -0.2) is 8.42 Å². The van der Waals surface area contributed by atoms with E-state index >= 15 is 0 Å². The van der Waals surface area contributed by atoms with E-state index in [2.05, 4.69) is 5.32 Å². The molecule has 0 aromatic heterocycles. The summed E-state index contributed by atoms with van der Waals surface area (Å²) in [4.78, 5) is 27.9. The minimum Gasteiger partial charge on any atom is -0.497 e. The van der Waals surface area contributed by atoms with E-state index in [1.54, 1.807) is 43.3 Å². The minimum atomic E-state index is -3.92. The molecule has 0 bridgehead atoms. The van der Waals surface area contributed by atoms with Gasteiger partial charge in [0.25, 0.3) is 0 Å². The van der Waals surface area contributed by atoms with Crippen LogP contribution in [0.15, 0.2) is 42.5 Å². The topological polar surface area (TPSA) is 105 Å². The van der Waals surface area contributed by atoms with Gasteiger partial charge in [-0.1, -0.05) is 30.7 Å². The number of amides is 2. The summed E-state index contributed by atoms with van der Waals surface area (Å²) in [7, 11) is -1.06. The van der Waals surface area contributed by atoms with Crippen LogP contribution < -0.4 is 19.1 Å². The summed E-state index contributed by atoms with van der Waals surface area (Å²) in [5, 5.41) is 3.42. The summed E-state index contributed by atoms with van der Waals surface area (Å²) in [5.74, 6) is -0.254. The highest BCUT2D eigenvalue weighted by Gasteiger charge is 2.31. The number of methoxy groups -OCH3 is 2. The van der Waals surface area contributed by atoms with Crippen LogP contribution in [0.4, 0.5) is 5.69 Å². The number of sulfonamides is 1. The zero-order valence-electron chi connectivity index (χ0n) is 21.4. The molecule has 0 heterocycles. The Balaban J connectivity index is 2.47. The van der Waals surface area contributed by atoms with Crippen molar-refractivity contribution < 1.29 is 27.5 Å². The molecule has 1 N–H and O–H groups in total. The number of anilines is 1. The standard InChI is InChI=1S/C25H34ClN3O6S/c1-7-17(2)27-25(31)18(3)28(15-19-8-10-20(26)11-9-19)24(30)16-29(36(6,32)33)22-14-21(34-4)12-13-23(22)35-5/h8-14,17-18H,7,15-16H2,1-6H3,(H,27,31)/t17-,18-/m0/s1. The summed E-state index contributed by atoms with van der Waals surface area (Å²) < 4.78 is 37.2. The Morgan fingerprint density at radius 3 is 2.22 bits per heavy atom. The Hall–Kier alpha value is -2.98. The van der Waals surface area contributed by atoms with Crippen molar-refractivity contribution in [1.29, 1.82) is 0 Å². The molecule has 36 heavy (non-hydrogen) atoms. The first kappa shape index (κ1) is 29.3. The molecule has 198 valence electrons. The number of halogens is 1. The second-order valence-corrected chi connectivity index (χ2v) is 10.8. The molecule has 0 saturated carbocycles. The van der Waals surface area contributed by atoms with E-state index in [-0.39, 0.29) is 29.9 Å². The molecule has 2 aromatic carbocycles. The number of hydrogen-bond donors (Lipinski definition) is 1. The zero-order valence-corrected chi connectivity index (χ0v) is 23.0. The fourth-order valence-electron chi connectivity index (χ4n) is 3.42. The molecular formula is C25H34ClN3O6S. The number of rotatable bonds is 12. The molecule has 0 aliphatic heterocycles. The third-order valence-electron chi connectivity index (χ3n) is 5.77. The van der Waals surface area contributed by atoms with Gasteiger partial charge in [0.05, 0.1) is 26.2 Å². The molecule has 0 aliphatic carbocycles. The second kappa shape index (κ2) is 12.8. The summed E-state index contributed by atoms with van der Waals surface area (Å²) in [6.45, 7) is 4.96. The lowest BCUT2D eigenvalue weighted by Crippen LogP contribution is -2.52. The smallest absolute Gasteiger partial charge is 0.244 e. The van der Waals surface area contributed by atoms with E-state index in [9.17, 15) is 18.0 Å². The average molecular weight is 540 g/mol. The normalized spacial score (nSPS) is 12.9. The molecule has 9 nitrogen and oxygen atoms in total. The van der Waals surface area contributed by atoms with Crippen LogP contribution in [-0.4, -0.2) is 64.2 Å². The van der Waals surface area contributed by atoms with Crippen LogP contribution in [0.2, 0.25) is 5.02 Å². The molecule has 0 spiro atoms. The number of benzene rings is 2. The maximum absolute atomic E-state index is 13.6. The van der Waals surface area contributed by atoms with Crippen molar-refractivity contribution >= 4 is 39.1 Å². The van der Waals surface area contributed by atoms with Crippen LogP contribution in [0.5, 0.6) is 11.5 Å². The van der Waals surface area contributed by atoms with Crippen LogP contribution in [0, 0.1) is 0 Å². The lowest BCUT2D eigenvalue weighted by atomic mass is 10.1. The predicted octanol–water partition coefficient (Wildman–Crippen LogP) is 3.46. The Morgan fingerprint density at radius 2 is 1.69 bits per heavy atom. The van der Waals surface area contributed by atoms with Gasteiger partial charge in [0.15, 0.2) is 0 Å². The summed E-state index contributed by atoms with van der Waals surface area (Å²) in [6, 6.07) is 10.6. The van der Waals surface area contributed by atoms with Crippen LogP contribution in [0.1, 0.15) is 32.8 Å². The monoisotopic (exact) mass is 539 g/mol. The van der Waals surface area contributed by atoms with Crippen molar-refractivity contribution in [3.8, 4) is 11.5 Å². The number of nitrogens with zero attached hydrogens (tertiary/aromatic N) is 2. The van der Waals surface area contributed by atoms with Crippen molar-refractivity contribution in [2.24, 2.45) is 0 Å². The van der Waals surface area contributed by atoms with E-state index in [1.807, 2.05) is 13.8 Å². The van der Waals surface area contributed by atoms with Gasteiger partial charge < -0.3 is 19.7 Å². The first-order valence-corrected chi connectivity index (χ1v) is 13.7. The highest BCUT2D eigenvalue weighted by molar-refractivity contribution is 7.92. The molecule has 11 heteroatoms. The number of nitrogens with one attached hydrogen (secondary N) is 1. The first-order chi connectivity index (χ1) is 16.9. The highest BCUT2D eigenvalue weighted by atomic mass is 35.5. The van der Waals surface area contributed by atoms with Crippen molar-refractivity contribution in [3.05, 3.63) is 53.1 Å². The molecule has 2 aromatic rings. The molecule has 0 saturated heterocycles. The van der Waals surface area contributed by atoms with Gasteiger partial charge in [-0.3, -0.25) is 13.9 Å². The molecule has 0 radical (unpaired) electrons. The first-order valence-electron chi connectivity index (χ1n) is 11.4. The van der Waals surface area contributed by atoms with Gasteiger partial charge in [-0.2, -0.15) is 0 Å².